The molecule has 0 aromatic rings. The Hall–Kier alpha value is -1.14. The molecule has 0 spiro atoms. The molecule has 16 heavy (non-hydrogen) atoms. The molecule has 0 saturated heterocycles. The zero-order valence-corrected chi connectivity index (χ0v) is 9.80. The Labute approximate surface area is 95.5 Å². The summed E-state index contributed by atoms with van der Waals surface area (Å²) < 4.78 is 0. The molecule has 0 radical (unpaired) electrons. The van der Waals surface area contributed by atoms with Crippen molar-refractivity contribution in [2.24, 2.45) is 5.92 Å². The highest BCUT2D eigenvalue weighted by Gasteiger charge is 1.97. The van der Waals surface area contributed by atoms with Crippen molar-refractivity contribution < 1.29 is 30.0 Å². The maximum Gasteiger partial charge on any atom is 0.300 e. The Morgan fingerprint density at radius 2 is 1.69 bits per heavy atom. The summed E-state index contributed by atoms with van der Waals surface area (Å²) in [5, 5.41) is 31.3. The average molecular weight is 238 g/mol. The van der Waals surface area contributed by atoms with Crippen LogP contribution in [0, 0.1) is 5.92 Å². The van der Waals surface area contributed by atoms with Crippen LogP contribution in [0.15, 0.2) is 0 Å². The average Bonchev–Trinajstić information content (AvgIpc) is 2.18. The van der Waals surface area contributed by atoms with Gasteiger partial charge in [-0.2, -0.15) is 0 Å². The molecule has 0 aliphatic carbocycles. The lowest BCUT2D eigenvalue weighted by Gasteiger charge is -2.04. The number of carboxylic acid groups (broad SMARTS) is 2. The number of aliphatic carboxylic acids is 1. The minimum absolute atomic E-state index is 0.250. The number of rotatable bonds is 5. The van der Waals surface area contributed by atoms with Crippen molar-refractivity contribution in [2.45, 2.75) is 33.1 Å². The van der Waals surface area contributed by atoms with E-state index >= 15 is 0 Å². The molecule has 0 saturated carbocycles. The summed E-state index contributed by atoms with van der Waals surface area (Å²) in [7, 11) is 0. The van der Waals surface area contributed by atoms with E-state index in [0.29, 0.717) is 5.92 Å². The van der Waals surface area contributed by atoms with Crippen LogP contribution in [0.1, 0.15) is 33.1 Å². The van der Waals surface area contributed by atoms with E-state index in [1.807, 2.05) is 6.92 Å². The molecule has 98 valence electrons. The number of carbonyl (C=O) groups is 2. The number of carboxylic acids is 1. The molecule has 0 aliphatic rings. The Morgan fingerprint density at radius 1 is 1.31 bits per heavy atom. The highest BCUT2D eigenvalue weighted by atomic mass is 16.4. The van der Waals surface area contributed by atoms with E-state index in [9.17, 15) is 0 Å². The van der Waals surface area contributed by atoms with Crippen molar-refractivity contribution in [1.29, 1.82) is 0 Å². The van der Waals surface area contributed by atoms with E-state index in [1.54, 1.807) is 0 Å². The third-order valence-electron chi connectivity index (χ3n) is 1.42. The smallest absolute Gasteiger partial charge is 0.300 e. The third-order valence-corrected chi connectivity index (χ3v) is 1.42. The Morgan fingerprint density at radius 3 is 1.94 bits per heavy atom. The summed E-state index contributed by atoms with van der Waals surface area (Å²) in [5.41, 5.74) is 0. The van der Waals surface area contributed by atoms with E-state index < -0.39 is 5.97 Å². The van der Waals surface area contributed by atoms with Gasteiger partial charge in [0.25, 0.3) is 12.4 Å². The second-order valence-electron chi connectivity index (χ2n) is 3.13. The molecule has 0 bridgehead atoms. The minimum Gasteiger partial charge on any atom is -0.483 e. The molecule has 0 heterocycles. The van der Waals surface area contributed by atoms with Gasteiger partial charge in [0.05, 0.1) is 0 Å². The van der Waals surface area contributed by atoms with Crippen molar-refractivity contribution in [1.82, 2.24) is 0 Å². The van der Waals surface area contributed by atoms with Crippen molar-refractivity contribution in [3.63, 3.8) is 0 Å². The topological polar surface area (TPSA) is 115 Å². The molecule has 0 fully saturated rings. The number of unbranched alkanes of at least 4 members (excludes halogenated alkanes) is 1. The van der Waals surface area contributed by atoms with Gasteiger partial charge in [-0.3, -0.25) is 9.59 Å². The van der Waals surface area contributed by atoms with Crippen LogP contribution in [0.2, 0.25) is 0 Å². The SMILES string of the molecule is CC(=O)O.CC(CO)CCCCO.O=CO. The summed E-state index contributed by atoms with van der Waals surface area (Å²) in [6, 6.07) is 0. The Balaban J connectivity index is -0.000000201. The second kappa shape index (κ2) is 19.4. The van der Waals surface area contributed by atoms with Crippen LogP contribution in [0.5, 0.6) is 0 Å². The largest absolute Gasteiger partial charge is 0.483 e. The molecule has 0 aromatic heterocycles. The van der Waals surface area contributed by atoms with E-state index in [-0.39, 0.29) is 19.7 Å². The van der Waals surface area contributed by atoms with E-state index in [1.165, 1.54) is 0 Å². The van der Waals surface area contributed by atoms with Crippen LogP contribution in [0.4, 0.5) is 0 Å². The van der Waals surface area contributed by atoms with Gasteiger partial charge in [0.15, 0.2) is 0 Å². The zero-order valence-electron chi connectivity index (χ0n) is 9.80. The first kappa shape index (κ1) is 20.3. The fourth-order valence-electron chi connectivity index (χ4n) is 0.696. The summed E-state index contributed by atoms with van der Waals surface area (Å²) >= 11 is 0. The molecule has 6 nitrogen and oxygen atoms in total. The fraction of sp³-hybridized carbons (Fsp3) is 0.800. The van der Waals surface area contributed by atoms with Gasteiger partial charge in [-0.1, -0.05) is 13.3 Å². The van der Waals surface area contributed by atoms with Crippen LogP contribution in [-0.2, 0) is 9.59 Å². The Bertz CT molecular complexity index is 144. The van der Waals surface area contributed by atoms with Crippen LogP contribution < -0.4 is 0 Å². The third kappa shape index (κ3) is 52.7. The molecule has 1 atom stereocenters. The molecule has 6 heteroatoms. The van der Waals surface area contributed by atoms with Gasteiger partial charge in [-0.15, -0.1) is 0 Å². The summed E-state index contributed by atoms with van der Waals surface area (Å²) in [5.74, 6) is -0.434. The first-order valence-corrected chi connectivity index (χ1v) is 4.95. The Kier molecular flexibility index (Phi) is 24.7. The van der Waals surface area contributed by atoms with E-state index in [0.717, 1.165) is 26.2 Å². The highest BCUT2D eigenvalue weighted by molar-refractivity contribution is 5.62. The number of hydrogen-bond donors (Lipinski definition) is 4. The van der Waals surface area contributed by atoms with Gasteiger partial charge in [-0.05, 0) is 18.8 Å². The van der Waals surface area contributed by atoms with Gasteiger partial charge >= 0.3 is 0 Å². The molecule has 1 unspecified atom stereocenters. The normalized spacial score (nSPS) is 10.0. The highest BCUT2D eigenvalue weighted by Crippen LogP contribution is 2.05. The molecule has 0 aromatic carbocycles. The molecular formula is C10H22O6. The van der Waals surface area contributed by atoms with Gasteiger partial charge in [0.2, 0.25) is 0 Å². The number of aliphatic hydroxyl groups is 2. The van der Waals surface area contributed by atoms with Crippen LogP contribution >= 0.6 is 0 Å². The van der Waals surface area contributed by atoms with Crippen molar-refractivity contribution >= 4 is 12.4 Å². The molecule has 4 N–H and O–H groups in total. The van der Waals surface area contributed by atoms with Crippen LogP contribution in [0.3, 0.4) is 0 Å². The predicted molar refractivity (Wildman–Crippen MR) is 59.2 cm³/mol. The summed E-state index contributed by atoms with van der Waals surface area (Å²) in [6.45, 7) is 3.39. The van der Waals surface area contributed by atoms with Gasteiger partial charge in [0, 0.05) is 20.1 Å². The number of hydrogen-bond acceptors (Lipinski definition) is 4. The van der Waals surface area contributed by atoms with E-state index in [4.69, 9.17) is 30.0 Å². The molecular weight excluding hydrogens is 216 g/mol. The van der Waals surface area contributed by atoms with Crippen molar-refractivity contribution in [3.05, 3.63) is 0 Å². The minimum atomic E-state index is -0.833. The van der Waals surface area contributed by atoms with Crippen LogP contribution in [-0.4, -0.2) is 46.1 Å². The summed E-state index contributed by atoms with van der Waals surface area (Å²) in [4.78, 5) is 17.4. The maximum absolute atomic E-state index is 9.00. The standard InChI is InChI=1S/C7H16O2.C2H4O2.CH2O2/c1-7(6-9)4-2-3-5-8;1-2(3)4;2-1-3/h7-9H,2-6H2,1H3;1H3,(H,3,4);1H,(H,2,3). The summed E-state index contributed by atoms with van der Waals surface area (Å²) in [6.07, 6.45) is 2.92. The first-order valence-electron chi connectivity index (χ1n) is 4.95. The van der Waals surface area contributed by atoms with E-state index in [2.05, 4.69) is 0 Å². The van der Waals surface area contributed by atoms with Gasteiger partial charge < -0.3 is 20.4 Å². The monoisotopic (exact) mass is 238 g/mol. The quantitative estimate of drug-likeness (QED) is 0.411. The lowest BCUT2D eigenvalue weighted by atomic mass is 10.1. The lowest BCUT2D eigenvalue weighted by molar-refractivity contribution is -0.134. The number of aliphatic hydroxyl groups excluding tert-OH is 2. The first-order chi connectivity index (χ1) is 7.45. The molecule has 0 aliphatic heterocycles. The van der Waals surface area contributed by atoms with Gasteiger partial charge in [0.1, 0.15) is 0 Å². The maximum atomic E-state index is 9.00. The molecule has 0 amide bonds. The van der Waals surface area contributed by atoms with Gasteiger partial charge in [-0.25, -0.2) is 0 Å². The fourth-order valence-corrected chi connectivity index (χ4v) is 0.696. The predicted octanol–water partition coefficient (Wildman–Crippen LogP) is 0.569. The lowest BCUT2D eigenvalue weighted by Crippen LogP contribution is -2.00. The zero-order chi connectivity index (χ0) is 13.4. The van der Waals surface area contributed by atoms with Crippen LogP contribution in [0.25, 0.3) is 0 Å². The van der Waals surface area contributed by atoms with Crippen molar-refractivity contribution in [3.8, 4) is 0 Å². The van der Waals surface area contributed by atoms with Crippen molar-refractivity contribution in [2.75, 3.05) is 13.2 Å². The molecule has 0 rings (SSSR count). The second-order valence-corrected chi connectivity index (χ2v) is 3.13.